The molecule has 9 heteroatoms. The Labute approximate surface area is 214 Å². The molecule has 1 atom stereocenters. The van der Waals surface area contributed by atoms with E-state index in [2.05, 4.69) is 5.32 Å². The van der Waals surface area contributed by atoms with Gasteiger partial charge in [-0.15, -0.1) is 0 Å². The molecular formula is C28H28N4O5. The second kappa shape index (κ2) is 11.4. The first-order valence-corrected chi connectivity index (χ1v) is 11.9. The highest BCUT2D eigenvalue weighted by atomic mass is 16.5. The summed E-state index contributed by atoms with van der Waals surface area (Å²) in [5.74, 6) is -1.44. The van der Waals surface area contributed by atoms with Crippen LogP contribution in [0.1, 0.15) is 39.0 Å². The highest BCUT2D eigenvalue weighted by Crippen LogP contribution is 2.26. The molecule has 0 saturated carbocycles. The molecule has 37 heavy (non-hydrogen) atoms. The molecule has 1 unspecified atom stereocenters. The van der Waals surface area contributed by atoms with Crippen molar-refractivity contribution in [3.63, 3.8) is 0 Å². The number of nitrogen functional groups attached to an aromatic ring is 1. The second-order valence-electron chi connectivity index (χ2n) is 8.78. The molecule has 0 fully saturated rings. The van der Waals surface area contributed by atoms with Crippen LogP contribution in [0.15, 0.2) is 72.8 Å². The van der Waals surface area contributed by atoms with Crippen molar-refractivity contribution in [3.8, 4) is 5.75 Å². The van der Waals surface area contributed by atoms with E-state index in [1.807, 2.05) is 42.5 Å². The number of carbonyl (C=O) groups is 3. The normalized spacial score (nSPS) is 13.4. The van der Waals surface area contributed by atoms with Crippen LogP contribution in [0.3, 0.4) is 0 Å². The Bertz CT molecular complexity index is 1310. The number of rotatable bonds is 10. The fourth-order valence-corrected chi connectivity index (χ4v) is 4.23. The van der Waals surface area contributed by atoms with E-state index < -0.39 is 24.3 Å². The van der Waals surface area contributed by atoms with E-state index in [0.717, 1.165) is 16.7 Å². The monoisotopic (exact) mass is 500 g/mol. The Balaban J connectivity index is 1.43. The molecule has 190 valence electrons. The van der Waals surface area contributed by atoms with Crippen LogP contribution in [0.25, 0.3) is 0 Å². The van der Waals surface area contributed by atoms with Crippen LogP contribution in [0, 0.1) is 5.41 Å². The van der Waals surface area contributed by atoms with Gasteiger partial charge in [0.2, 0.25) is 5.91 Å². The van der Waals surface area contributed by atoms with Crippen LogP contribution < -0.4 is 15.8 Å². The maximum atomic E-state index is 13.3. The molecule has 0 aliphatic carbocycles. The van der Waals surface area contributed by atoms with Gasteiger partial charge in [-0.05, 0) is 41.3 Å². The lowest BCUT2D eigenvalue weighted by molar-refractivity contribution is -0.141. The number of amides is 2. The van der Waals surface area contributed by atoms with E-state index >= 15 is 0 Å². The number of ether oxygens (including phenoxy) is 1. The topological polar surface area (TPSA) is 146 Å². The zero-order chi connectivity index (χ0) is 26.4. The van der Waals surface area contributed by atoms with Crippen molar-refractivity contribution in [2.45, 2.75) is 32.0 Å². The predicted octanol–water partition coefficient (Wildman–Crippen LogP) is 2.71. The standard InChI is InChI=1S/C28H28N4O5/c29-26(30)20-8-6-19(7-9-20)17-37-22-10-11-23-21(14-22)12-13-32(28(23)36)24(15-25(33)34)27(35)31-16-18-4-2-1-3-5-18/h1-11,14,24H,12-13,15-17H2,(H3,29,30)(H,31,35)(H,33,34). The SMILES string of the molecule is N=C(N)c1ccc(COc2ccc3c(c2)CCN(C(CC(=O)O)C(=O)NCc2ccccc2)C3=O)cc1. The molecule has 0 saturated heterocycles. The number of carboxylic acid groups (broad SMARTS) is 1. The number of nitrogens with one attached hydrogen (secondary N) is 2. The van der Waals surface area contributed by atoms with Gasteiger partial charge in [0.15, 0.2) is 0 Å². The number of benzene rings is 3. The largest absolute Gasteiger partial charge is 0.489 e. The molecule has 1 aliphatic heterocycles. The fraction of sp³-hybridized carbons (Fsp3) is 0.214. The summed E-state index contributed by atoms with van der Waals surface area (Å²) in [5, 5.41) is 19.6. The third-order valence-corrected chi connectivity index (χ3v) is 6.22. The molecule has 3 aromatic carbocycles. The number of hydrogen-bond donors (Lipinski definition) is 4. The third-order valence-electron chi connectivity index (χ3n) is 6.22. The molecule has 0 bridgehead atoms. The number of nitrogens with two attached hydrogens (primary N) is 1. The zero-order valence-corrected chi connectivity index (χ0v) is 20.1. The highest BCUT2D eigenvalue weighted by molar-refractivity contribution is 6.00. The summed E-state index contributed by atoms with van der Waals surface area (Å²) < 4.78 is 5.88. The van der Waals surface area contributed by atoms with Crippen molar-refractivity contribution >= 4 is 23.6 Å². The van der Waals surface area contributed by atoms with Crippen molar-refractivity contribution in [2.24, 2.45) is 5.73 Å². The van der Waals surface area contributed by atoms with Crippen molar-refractivity contribution < 1.29 is 24.2 Å². The van der Waals surface area contributed by atoms with Gasteiger partial charge in [0.25, 0.3) is 5.91 Å². The summed E-state index contributed by atoms with van der Waals surface area (Å²) in [5.41, 5.74) is 9.11. The number of fused-ring (bicyclic) bond motifs is 1. The molecule has 0 spiro atoms. The van der Waals surface area contributed by atoms with E-state index in [9.17, 15) is 19.5 Å². The smallest absolute Gasteiger partial charge is 0.305 e. The van der Waals surface area contributed by atoms with Crippen molar-refractivity contribution in [2.75, 3.05) is 6.54 Å². The Kier molecular flexibility index (Phi) is 7.83. The summed E-state index contributed by atoms with van der Waals surface area (Å²) in [4.78, 5) is 39.1. The molecular weight excluding hydrogens is 472 g/mol. The molecule has 9 nitrogen and oxygen atoms in total. The number of hydrogen-bond acceptors (Lipinski definition) is 5. The Hall–Kier alpha value is -4.66. The summed E-state index contributed by atoms with van der Waals surface area (Å²) in [7, 11) is 0. The van der Waals surface area contributed by atoms with Crippen molar-refractivity contribution in [1.82, 2.24) is 10.2 Å². The molecule has 3 aromatic rings. The zero-order valence-electron chi connectivity index (χ0n) is 20.1. The molecule has 5 N–H and O–H groups in total. The molecule has 1 aliphatic rings. The minimum atomic E-state index is -1.15. The summed E-state index contributed by atoms with van der Waals surface area (Å²) in [6, 6.07) is 20.5. The van der Waals surface area contributed by atoms with Gasteiger partial charge in [-0.1, -0.05) is 54.6 Å². The minimum absolute atomic E-state index is 0.000126. The molecule has 0 radical (unpaired) electrons. The van der Waals surface area contributed by atoms with Gasteiger partial charge in [-0.2, -0.15) is 0 Å². The first-order valence-electron chi connectivity index (χ1n) is 11.9. The van der Waals surface area contributed by atoms with Gasteiger partial charge in [0.05, 0.1) is 6.42 Å². The predicted molar refractivity (Wildman–Crippen MR) is 137 cm³/mol. The average molecular weight is 501 g/mol. The average Bonchev–Trinajstić information content (AvgIpc) is 2.90. The lowest BCUT2D eigenvalue weighted by atomic mass is 9.96. The summed E-state index contributed by atoms with van der Waals surface area (Å²) >= 11 is 0. The first kappa shape index (κ1) is 25.4. The minimum Gasteiger partial charge on any atom is -0.489 e. The van der Waals surface area contributed by atoms with E-state index in [4.69, 9.17) is 15.9 Å². The summed E-state index contributed by atoms with van der Waals surface area (Å²) in [6.45, 7) is 0.768. The molecule has 2 amide bonds. The van der Waals surface area contributed by atoms with Crippen molar-refractivity contribution in [3.05, 3.63) is 101 Å². The van der Waals surface area contributed by atoms with Crippen LogP contribution in [0.4, 0.5) is 0 Å². The van der Waals surface area contributed by atoms with Gasteiger partial charge in [0, 0.05) is 24.2 Å². The second-order valence-corrected chi connectivity index (χ2v) is 8.78. The summed E-state index contributed by atoms with van der Waals surface area (Å²) in [6.07, 6.45) is -0.0149. The van der Waals surface area contributed by atoms with Gasteiger partial charge >= 0.3 is 5.97 Å². The highest BCUT2D eigenvalue weighted by Gasteiger charge is 2.35. The van der Waals surface area contributed by atoms with E-state index in [-0.39, 0.29) is 24.8 Å². The number of carboxylic acids is 1. The Morgan fingerprint density at radius 1 is 1.05 bits per heavy atom. The maximum Gasteiger partial charge on any atom is 0.305 e. The lowest BCUT2D eigenvalue weighted by Crippen LogP contribution is -2.52. The maximum absolute atomic E-state index is 13.3. The molecule has 4 rings (SSSR count). The van der Waals surface area contributed by atoms with Crippen LogP contribution in [-0.2, 0) is 29.2 Å². The first-order chi connectivity index (χ1) is 17.8. The third kappa shape index (κ3) is 6.32. The number of carbonyl (C=O) groups excluding carboxylic acids is 2. The van der Waals surface area contributed by atoms with E-state index in [0.29, 0.717) is 29.9 Å². The Morgan fingerprint density at radius 3 is 2.46 bits per heavy atom. The van der Waals surface area contributed by atoms with Gasteiger partial charge < -0.3 is 25.8 Å². The molecule has 1 heterocycles. The fourth-order valence-electron chi connectivity index (χ4n) is 4.23. The van der Waals surface area contributed by atoms with Crippen LogP contribution in [0.2, 0.25) is 0 Å². The van der Waals surface area contributed by atoms with Crippen LogP contribution in [-0.4, -0.2) is 46.2 Å². The van der Waals surface area contributed by atoms with Crippen LogP contribution >= 0.6 is 0 Å². The quantitative estimate of drug-likeness (QED) is 0.249. The van der Waals surface area contributed by atoms with Gasteiger partial charge in [-0.25, -0.2) is 0 Å². The van der Waals surface area contributed by atoms with Crippen molar-refractivity contribution in [1.29, 1.82) is 5.41 Å². The lowest BCUT2D eigenvalue weighted by Gasteiger charge is -2.34. The van der Waals surface area contributed by atoms with Gasteiger partial charge in [0.1, 0.15) is 24.2 Å². The van der Waals surface area contributed by atoms with E-state index in [1.165, 1.54) is 4.90 Å². The Morgan fingerprint density at radius 2 is 1.78 bits per heavy atom. The number of nitrogens with zero attached hydrogens (tertiary/aromatic N) is 1. The number of aliphatic carboxylic acids is 1. The molecule has 0 aromatic heterocycles. The van der Waals surface area contributed by atoms with Crippen LogP contribution in [0.5, 0.6) is 5.75 Å². The van der Waals surface area contributed by atoms with E-state index in [1.54, 1.807) is 30.3 Å². The number of amidine groups is 1. The van der Waals surface area contributed by atoms with Gasteiger partial charge in [-0.3, -0.25) is 19.8 Å².